The molecule has 0 spiro atoms. The summed E-state index contributed by atoms with van der Waals surface area (Å²) in [6.45, 7) is 0.260. The molecule has 1 N–H and O–H groups in total. The lowest BCUT2D eigenvalue weighted by atomic mass is 10.1. The van der Waals surface area contributed by atoms with Crippen molar-refractivity contribution >= 4 is 11.6 Å². The molecule has 1 aromatic carbocycles. The van der Waals surface area contributed by atoms with Gasteiger partial charge in [0, 0.05) is 18.0 Å². The molecular weight excluding hydrogens is 318 g/mol. The monoisotopic (exact) mass is 333 g/mol. The molecule has 1 amide bonds. The fraction of sp³-hybridized carbons (Fsp3) is 0.105. The maximum atomic E-state index is 12.2. The Labute approximate surface area is 143 Å². The van der Waals surface area contributed by atoms with E-state index < -0.39 is 0 Å². The van der Waals surface area contributed by atoms with Gasteiger partial charge >= 0.3 is 0 Å². The normalized spacial score (nSPS) is 10.2. The van der Waals surface area contributed by atoms with Crippen LogP contribution in [0.4, 0.5) is 5.69 Å². The summed E-state index contributed by atoms with van der Waals surface area (Å²) in [5.74, 6) is 0.308. The third-order valence-corrected chi connectivity index (χ3v) is 3.61. The molecule has 25 heavy (non-hydrogen) atoms. The predicted octanol–water partition coefficient (Wildman–Crippen LogP) is 2.81. The van der Waals surface area contributed by atoms with Gasteiger partial charge in [-0.05, 0) is 35.9 Å². The first-order valence-electron chi connectivity index (χ1n) is 7.67. The predicted molar refractivity (Wildman–Crippen MR) is 92.2 cm³/mol. The van der Waals surface area contributed by atoms with Crippen molar-refractivity contribution in [3.05, 3.63) is 88.2 Å². The zero-order chi connectivity index (χ0) is 17.6. The number of carbonyl (C=O) groups is 1. The molecule has 0 unspecified atom stereocenters. The highest BCUT2D eigenvalue weighted by Gasteiger charge is 2.12. The lowest BCUT2D eigenvalue weighted by Crippen LogP contribution is -2.18. The van der Waals surface area contributed by atoms with Crippen molar-refractivity contribution in [2.45, 2.75) is 13.0 Å². The molecule has 0 fully saturated rings. The van der Waals surface area contributed by atoms with E-state index in [1.165, 1.54) is 10.6 Å². The van der Waals surface area contributed by atoms with Gasteiger partial charge in [0.25, 0.3) is 11.5 Å². The molecule has 3 rings (SSSR count). The Morgan fingerprint density at radius 1 is 1.12 bits per heavy atom. The highest BCUT2D eigenvalue weighted by Crippen LogP contribution is 2.14. The lowest BCUT2D eigenvalue weighted by Gasteiger charge is -2.04. The molecule has 0 aliphatic carbocycles. The summed E-state index contributed by atoms with van der Waals surface area (Å²) >= 11 is 0. The Kier molecular flexibility index (Phi) is 4.77. The second-order valence-corrected chi connectivity index (χ2v) is 5.42. The summed E-state index contributed by atoms with van der Waals surface area (Å²) in [5, 5.41) is 11.4. The maximum absolute atomic E-state index is 12.2. The molecule has 0 bridgehead atoms. The minimum absolute atomic E-state index is 0.137. The third-order valence-electron chi connectivity index (χ3n) is 3.61. The number of benzene rings is 1. The van der Waals surface area contributed by atoms with Gasteiger partial charge in [-0.3, -0.25) is 9.59 Å². The number of amides is 1. The van der Waals surface area contributed by atoms with Crippen LogP contribution < -0.4 is 10.9 Å². The number of nitriles is 1. The van der Waals surface area contributed by atoms with Crippen LogP contribution in [-0.4, -0.2) is 10.5 Å². The number of pyridine rings is 1. The van der Waals surface area contributed by atoms with Crippen molar-refractivity contribution < 1.29 is 9.21 Å². The smallest absolute Gasteiger partial charge is 0.291 e. The molecule has 0 aliphatic heterocycles. The van der Waals surface area contributed by atoms with Crippen LogP contribution in [-0.2, 0) is 13.0 Å². The number of nitrogens with zero attached hydrogens (tertiary/aromatic N) is 2. The van der Waals surface area contributed by atoms with Gasteiger partial charge < -0.3 is 14.3 Å². The second kappa shape index (κ2) is 7.32. The van der Waals surface area contributed by atoms with Crippen molar-refractivity contribution in [3.8, 4) is 6.07 Å². The first-order valence-corrected chi connectivity index (χ1v) is 7.67. The van der Waals surface area contributed by atoms with Crippen LogP contribution in [0.3, 0.4) is 0 Å². The first kappa shape index (κ1) is 16.3. The van der Waals surface area contributed by atoms with Gasteiger partial charge in [0.05, 0.1) is 19.0 Å². The van der Waals surface area contributed by atoms with Gasteiger partial charge in [-0.2, -0.15) is 5.26 Å². The molecule has 2 aromatic heterocycles. The molecule has 0 saturated heterocycles. The lowest BCUT2D eigenvalue weighted by molar-refractivity contribution is 0.0994. The maximum Gasteiger partial charge on any atom is 0.291 e. The number of anilines is 1. The minimum atomic E-state index is -0.375. The fourth-order valence-electron chi connectivity index (χ4n) is 2.33. The summed E-state index contributed by atoms with van der Waals surface area (Å²) in [6.07, 6.45) is 1.99. The van der Waals surface area contributed by atoms with Crippen molar-refractivity contribution in [1.29, 1.82) is 5.26 Å². The van der Waals surface area contributed by atoms with Crippen LogP contribution in [0.2, 0.25) is 0 Å². The van der Waals surface area contributed by atoms with Crippen LogP contribution in [0.5, 0.6) is 0 Å². The molecule has 6 nitrogen and oxygen atoms in total. The van der Waals surface area contributed by atoms with E-state index in [-0.39, 0.29) is 23.8 Å². The summed E-state index contributed by atoms with van der Waals surface area (Å²) in [5.41, 5.74) is 1.36. The highest BCUT2D eigenvalue weighted by molar-refractivity contribution is 6.02. The van der Waals surface area contributed by atoms with Crippen molar-refractivity contribution in [2.24, 2.45) is 0 Å². The Hall–Kier alpha value is -3.59. The SMILES string of the molecule is N#CCc1ccc(NC(=O)c2ccc(Cn3ccccc3=O)o2)cc1. The molecule has 0 atom stereocenters. The third kappa shape index (κ3) is 4.03. The first-order chi connectivity index (χ1) is 12.2. The summed E-state index contributed by atoms with van der Waals surface area (Å²) in [4.78, 5) is 23.9. The Morgan fingerprint density at radius 3 is 2.64 bits per heavy atom. The molecule has 2 heterocycles. The zero-order valence-electron chi connectivity index (χ0n) is 13.3. The van der Waals surface area contributed by atoms with Crippen molar-refractivity contribution in [2.75, 3.05) is 5.32 Å². The average Bonchev–Trinajstić information content (AvgIpc) is 3.08. The van der Waals surface area contributed by atoms with E-state index >= 15 is 0 Å². The van der Waals surface area contributed by atoms with E-state index in [0.29, 0.717) is 17.9 Å². The van der Waals surface area contributed by atoms with Gasteiger partial charge in [0.2, 0.25) is 0 Å². The van der Waals surface area contributed by atoms with Crippen LogP contribution in [0.15, 0.2) is 70.0 Å². The molecule has 0 radical (unpaired) electrons. The quantitative estimate of drug-likeness (QED) is 0.777. The van der Waals surface area contributed by atoms with E-state index in [4.69, 9.17) is 9.68 Å². The Morgan fingerprint density at radius 2 is 1.92 bits per heavy atom. The summed E-state index contributed by atoms with van der Waals surface area (Å²) in [6, 6.07) is 17.2. The van der Waals surface area contributed by atoms with Crippen LogP contribution in [0.1, 0.15) is 21.9 Å². The van der Waals surface area contributed by atoms with Crippen LogP contribution >= 0.6 is 0 Å². The fourth-order valence-corrected chi connectivity index (χ4v) is 2.33. The van der Waals surface area contributed by atoms with Crippen LogP contribution in [0, 0.1) is 11.3 Å². The standard InChI is InChI=1S/C19H15N3O3/c20-11-10-14-4-6-15(7-5-14)21-19(24)17-9-8-16(25-17)13-22-12-2-1-3-18(22)23/h1-9,12H,10,13H2,(H,21,24). The molecule has 124 valence electrons. The average molecular weight is 333 g/mol. The zero-order valence-corrected chi connectivity index (χ0v) is 13.3. The summed E-state index contributed by atoms with van der Waals surface area (Å²) in [7, 11) is 0. The van der Waals surface area contributed by atoms with Gasteiger partial charge in [-0.25, -0.2) is 0 Å². The van der Waals surface area contributed by atoms with E-state index in [9.17, 15) is 9.59 Å². The molecule has 0 aliphatic rings. The molecular formula is C19H15N3O3. The number of furan rings is 1. The highest BCUT2D eigenvalue weighted by atomic mass is 16.4. The van der Waals surface area contributed by atoms with E-state index in [1.54, 1.807) is 54.7 Å². The Bertz CT molecular complexity index is 978. The number of carbonyl (C=O) groups excluding carboxylic acids is 1. The second-order valence-electron chi connectivity index (χ2n) is 5.42. The number of hydrogen-bond acceptors (Lipinski definition) is 4. The van der Waals surface area contributed by atoms with Gasteiger partial charge in [-0.1, -0.05) is 18.2 Å². The van der Waals surface area contributed by atoms with Crippen molar-refractivity contribution in [3.63, 3.8) is 0 Å². The Balaban J connectivity index is 1.67. The number of nitrogens with one attached hydrogen (secondary N) is 1. The number of aromatic nitrogens is 1. The van der Waals surface area contributed by atoms with Crippen molar-refractivity contribution in [1.82, 2.24) is 4.57 Å². The molecule has 6 heteroatoms. The number of rotatable bonds is 5. The van der Waals surface area contributed by atoms with Gasteiger partial charge in [-0.15, -0.1) is 0 Å². The van der Waals surface area contributed by atoms with Gasteiger partial charge in [0.1, 0.15) is 5.76 Å². The molecule has 0 saturated carbocycles. The topological polar surface area (TPSA) is 88.0 Å². The number of hydrogen-bond donors (Lipinski definition) is 1. The molecule has 3 aromatic rings. The van der Waals surface area contributed by atoms with E-state index in [2.05, 4.69) is 11.4 Å². The van der Waals surface area contributed by atoms with E-state index in [1.807, 2.05) is 0 Å². The van der Waals surface area contributed by atoms with Gasteiger partial charge in [0.15, 0.2) is 5.76 Å². The largest absolute Gasteiger partial charge is 0.454 e. The van der Waals surface area contributed by atoms with E-state index in [0.717, 1.165) is 5.56 Å². The minimum Gasteiger partial charge on any atom is -0.454 e. The summed E-state index contributed by atoms with van der Waals surface area (Å²) < 4.78 is 7.02. The van der Waals surface area contributed by atoms with Crippen LogP contribution in [0.25, 0.3) is 0 Å².